The number of hydrogen-bond acceptors (Lipinski definition) is 2. The van der Waals surface area contributed by atoms with Crippen molar-refractivity contribution in [3.8, 4) is 0 Å². The maximum Gasteiger partial charge on any atom is 0.251 e. The van der Waals surface area contributed by atoms with Crippen LogP contribution in [0.3, 0.4) is 0 Å². The molecule has 2 N–H and O–H groups in total. The van der Waals surface area contributed by atoms with Crippen molar-refractivity contribution in [1.29, 1.82) is 0 Å². The molecule has 1 aliphatic rings. The van der Waals surface area contributed by atoms with Gasteiger partial charge in [-0.05, 0) is 30.3 Å². The second kappa shape index (κ2) is 4.98. The molecule has 2 aromatic rings. The Morgan fingerprint density at radius 2 is 1.89 bits per heavy atom. The minimum absolute atomic E-state index is 0.0399. The minimum atomic E-state index is -0.375. The first-order valence-electron chi connectivity index (χ1n) is 5.76. The molecule has 1 aliphatic heterocycles. The van der Waals surface area contributed by atoms with Gasteiger partial charge in [0.1, 0.15) is 6.04 Å². The first-order valence-corrected chi connectivity index (χ1v) is 7.35. The van der Waals surface area contributed by atoms with E-state index in [0.717, 1.165) is 25.9 Å². The van der Waals surface area contributed by atoms with Gasteiger partial charge in [-0.2, -0.15) is 0 Å². The van der Waals surface area contributed by atoms with Crippen LogP contribution < -0.4 is 10.6 Å². The van der Waals surface area contributed by atoms with Crippen LogP contribution in [-0.4, -0.2) is 5.91 Å². The lowest BCUT2D eigenvalue weighted by Gasteiger charge is -2.14. The van der Waals surface area contributed by atoms with Crippen molar-refractivity contribution in [2.75, 3.05) is 10.6 Å². The van der Waals surface area contributed by atoms with Gasteiger partial charge in [0.15, 0.2) is 0 Å². The van der Waals surface area contributed by atoms with Gasteiger partial charge < -0.3 is 10.6 Å². The van der Waals surface area contributed by atoms with E-state index in [9.17, 15) is 4.79 Å². The monoisotopic (exact) mass is 380 g/mol. The second-order valence-electron chi connectivity index (χ2n) is 4.28. The van der Waals surface area contributed by atoms with E-state index >= 15 is 0 Å². The predicted molar refractivity (Wildman–Crippen MR) is 83.3 cm³/mol. The van der Waals surface area contributed by atoms with Gasteiger partial charge in [-0.3, -0.25) is 4.79 Å². The molecule has 0 aromatic heterocycles. The average molecular weight is 382 g/mol. The molecular weight excluding hydrogens is 372 g/mol. The molecule has 0 saturated carbocycles. The third-order valence-electron chi connectivity index (χ3n) is 3.00. The largest absolute Gasteiger partial charge is 0.370 e. The Kier molecular flexibility index (Phi) is 3.33. The summed E-state index contributed by atoms with van der Waals surface area (Å²) in [5.41, 5.74) is 2.71. The zero-order valence-electron chi connectivity index (χ0n) is 9.78. The number of hydrogen-bond donors (Lipinski definition) is 2. The summed E-state index contributed by atoms with van der Waals surface area (Å²) in [5, 5.41) is 6.14. The Balaban J connectivity index is 1.97. The lowest BCUT2D eigenvalue weighted by molar-refractivity contribution is -0.116. The number of carbonyl (C=O) groups excluding carboxylic acids is 1. The summed E-state index contributed by atoms with van der Waals surface area (Å²) in [6, 6.07) is 13.1. The van der Waals surface area contributed by atoms with Gasteiger partial charge in [0.2, 0.25) is 0 Å². The highest BCUT2D eigenvalue weighted by Crippen LogP contribution is 2.38. The first-order chi connectivity index (χ1) is 9.15. The van der Waals surface area contributed by atoms with Crippen LogP contribution in [0.25, 0.3) is 0 Å². The van der Waals surface area contributed by atoms with E-state index in [4.69, 9.17) is 0 Å². The Morgan fingerprint density at radius 3 is 2.68 bits per heavy atom. The zero-order valence-corrected chi connectivity index (χ0v) is 13.0. The van der Waals surface area contributed by atoms with Crippen LogP contribution in [0.1, 0.15) is 11.6 Å². The fraction of sp³-hybridized carbons (Fsp3) is 0.0714. The van der Waals surface area contributed by atoms with Crippen molar-refractivity contribution in [3.05, 3.63) is 57.0 Å². The van der Waals surface area contributed by atoms with E-state index < -0.39 is 0 Å². The van der Waals surface area contributed by atoms with Crippen LogP contribution >= 0.6 is 31.9 Å². The molecule has 0 aliphatic carbocycles. The number of nitrogens with one attached hydrogen (secondary N) is 2. The standard InChI is InChI=1S/C14H10Br2N2O/c15-8-3-1-4-9(7-8)17-13-12-10(16)5-2-6-11(12)18-14(13)19/h1-7,13,17H,(H,18,19). The molecule has 1 amide bonds. The fourth-order valence-corrected chi connectivity index (χ4v) is 3.15. The molecule has 0 fully saturated rings. The molecule has 1 unspecified atom stereocenters. The van der Waals surface area contributed by atoms with Crippen molar-refractivity contribution < 1.29 is 4.79 Å². The lowest BCUT2D eigenvalue weighted by atomic mass is 10.1. The van der Waals surface area contributed by atoms with Crippen LogP contribution in [0, 0.1) is 0 Å². The van der Waals surface area contributed by atoms with Crippen LogP contribution in [0.15, 0.2) is 51.4 Å². The molecule has 96 valence electrons. The van der Waals surface area contributed by atoms with Crippen LogP contribution in [0.5, 0.6) is 0 Å². The summed E-state index contributed by atoms with van der Waals surface area (Å²) in [6.07, 6.45) is 0. The summed E-state index contributed by atoms with van der Waals surface area (Å²) in [5.74, 6) is -0.0399. The van der Waals surface area contributed by atoms with E-state index in [1.807, 2.05) is 42.5 Å². The molecule has 0 spiro atoms. The third kappa shape index (κ3) is 2.40. The molecular formula is C14H10Br2N2O. The smallest absolute Gasteiger partial charge is 0.251 e. The van der Waals surface area contributed by atoms with E-state index in [1.165, 1.54) is 0 Å². The van der Waals surface area contributed by atoms with Gasteiger partial charge in [-0.1, -0.05) is 44.0 Å². The Morgan fingerprint density at radius 1 is 1.11 bits per heavy atom. The maximum absolute atomic E-state index is 12.1. The predicted octanol–water partition coefficient (Wildman–Crippen LogP) is 4.32. The molecule has 5 heteroatoms. The molecule has 1 heterocycles. The van der Waals surface area contributed by atoms with Crippen LogP contribution in [0.2, 0.25) is 0 Å². The summed E-state index contributed by atoms with van der Waals surface area (Å²) in [6.45, 7) is 0. The van der Waals surface area contributed by atoms with Gasteiger partial charge >= 0.3 is 0 Å². The minimum Gasteiger partial charge on any atom is -0.370 e. The lowest BCUT2D eigenvalue weighted by Crippen LogP contribution is -2.19. The van der Waals surface area contributed by atoms with E-state index in [0.29, 0.717) is 0 Å². The molecule has 3 nitrogen and oxygen atoms in total. The SMILES string of the molecule is O=C1Nc2cccc(Br)c2C1Nc1cccc(Br)c1. The van der Waals surface area contributed by atoms with E-state index in [1.54, 1.807) is 0 Å². The second-order valence-corrected chi connectivity index (χ2v) is 6.05. The van der Waals surface area contributed by atoms with Crippen molar-refractivity contribution in [3.63, 3.8) is 0 Å². The highest BCUT2D eigenvalue weighted by Gasteiger charge is 2.32. The molecule has 3 rings (SSSR count). The molecule has 2 aromatic carbocycles. The van der Waals surface area contributed by atoms with Gasteiger partial charge in [-0.15, -0.1) is 0 Å². The quantitative estimate of drug-likeness (QED) is 0.813. The van der Waals surface area contributed by atoms with Gasteiger partial charge in [0, 0.05) is 25.9 Å². The van der Waals surface area contributed by atoms with E-state index in [2.05, 4.69) is 42.5 Å². The topological polar surface area (TPSA) is 41.1 Å². The normalized spacial score (nSPS) is 16.9. The summed E-state index contributed by atoms with van der Waals surface area (Å²) in [7, 11) is 0. The molecule has 1 atom stereocenters. The molecule has 19 heavy (non-hydrogen) atoms. The van der Waals surface area contributed by atoms with E-state index in [-0.39, 0.29) is 11.9 Å². The van der Waals surface area contributed by atoms with Gasteiger partial charge in [0.25, 0.3) is 5.91 Å². The zero-order chi connectivity index (χ0) is 13.4. The molecule has 0 bridgehead atoms. The van der Waals surface area contributed by atoms with Crippen molar-refractivity contribution in [1.82, 2.24) is 0 Å². The molecule has 0 radical (unpaired) electrons. The van der Waals surface area contributed by atoms with Gasteiger partial charge in [0.05, 0.1) is 0 Å². The summed E-state index contributed by atoms with van der Waals surface area (Å²) < 4.78 is 1.90. The highest BCUT2D eigenvalue weighted by molar-refractivity contribution is 9.10. The number of carbonyl (C=O) groups is 1. The Hall–Kier alpha value is -1.33. The number of rotatable bonds is 2. The fourth-order valence-electron chi connectivity index (χ4n) is 2.16. The van der Waals surface area contributed by atoms with Gasteiger partial charge in [-0.25, -0.2) is 0 Å². The summed E-state index contributed by atoms with van der Waals surface area (Å²) >= 11 is 6.92. The maximum atomic E-state index is 12.1. The number of fused-ring (bicyclic) bond motifs is 1. The Labute approximate surface area is 127 Å². The third-order valence-corrected chi connectivity index (χ3v) is 4.18. The molecule has 0 saturated heterocycles. The van der Waals surface area contributed by atoms with Crippen molar-refractivity contribution in [2.45, 2.75) is 6.04 Å². The average Bonchev–Trinajstić information content (AvgIpc) is 2.67. The number of anilines is 2. The van der Waals surface area contributed by atoms with Crippen molar-refractivity contribution in [2.24, 2.45) is 0 Å². The summed E-state index contributed by atoms with van der Waals surface area (Å²) in [4.78, 5) is 12.1. The van der Waals surface area contributed by atoms with Crippen molar-refractivity contribution >= 4 is 49.1 Å². The van der Waals surface area contributed by atoms with Crippen LogP contribution in [0.4, 0.5) is 11.4 Å². The first kappa shape index (κ1) is 12.7. The van der Waals surface area contributed by atoms with Crippen LogP contribution in [-0.2, 0) is 4.79 Å². The number of halogens is 2. The number of amides is 1. The number of benzene rings is 2. The Bertz CT molecular complexity index is 658. The highest BCUT2D eigenvalue weighted by atomic mass is 79.9.